The van der Waals surface area contributed by atoms with Crippen molar-refractivity contribution in [1.29, 1.82) is 0 Å². The summed E-state index contributed by atoms with van der Waals surface area (Å²) in [7, 11) is 0. The molecule has 0 aliphatic heterocycles. The van der Waals surface area contributed by atoms with Gasteiger partial charge in [0.2, 0.25) is 5.95 Å². The van der Waals surface area contributed by atoms with Crippen molar-refractivity contribution in [2.24, 2.45) is 10.2 Å². The van der Waals surface area contributed by atoms with Gasteiger partial charge in [-0.25, -0.2) is 0 Å². The normalized spacial score (nSPS) is 11.6. The number of pyridine rings is 2. The third-order valence-electron chi connectivity index (χ3n) is 5.02. The maximum atomic E-state index is 5.51. The summed E-state index contributed by atoms with van der Waals surface area (Å²) in [6, 6.07) is 16.9. The topological polar surface area (TPSA) is 122 Å². The lowest BCUT2D eigenvalue weighted by molar-refractivity contribution is 0.340. The molecular weight excluding hydrogens is 454 g/mol. The fourth-order valence-corrected chi connectivity index (χ4v) is 3.15. The van der Waals surface area contributed by atoms with Gasteiger partial charge in [0.05, 0.1) is 18.0 Å². The minimum Gasteiger partial charge on any atom is -0.494 e. The monoisotopic (exact) mass is 481 g/mol. The molecule has 4 aromatic rings. The number of ether oxygens (including phenoxy) is 1. The van der Waals surface area contributed by atoms with Crippen LogP contribution < -0.4 is 20.9 Å². The van der Waals surface area contributed by atoms with Crippen LogP contribution in [0.3, 0.4) is 0 Å². The summed E-state index contributed by atoms with van der Waals surface area (Å²) in [5.74, 6) is 2.15. The second kappa shape index (κ2) is 12.0. The number of hydrogen-bond donors (Lipinski definition) is 3. The summed E-state index contributed by atoms with van der Waals surface area (Å²) in [5, 5.41) is 12.1. The fraction of sp³-hybridized carbons (Fsp3) is 0.154. The van der Waals surface area contributed by atoms with Crippen molar-refractivity contribution in [3.8, 4) is 5.75 Å². The van der Waals surface area contributed by atoms with Gasteiger partial charge in [0, 0.05) is 47.7 Å². The molecule has 0 saturated carbocycles. The SMILES string of the molecule is CCOc1ccc(Nc2nc(NN=C(C)c3ccncc3)cc(NN=C(C)c3ccncc3)n2)cc1. The second-order valence-electron chi connectivity index (χ2n) is 7.63. The molecule has 1 aromatic carbocycles. The van der Waals surface area contributed by atoms with Crippen molar-refractivity contribution in [2.45, 2.75) is 20.8 Å². The molecule has 3 aromatic heterocycles. The standard InChI is InChI=1S/C26H27N9O/c1-4-36-23-7-5-22(6-8-23)29-26-30-24(34-32-18(2)20-9-13-27-14-10-20)17-25(31-26)35-33-19(3)21-11-15-28-16-12-21/h5-17H,4H2,1-3H3,(H3,29,30,31,34,35). The van der Waals surface area contributed by atoms with Gasteiger partial charge in [0.1, 0.15) is 5.75 Å². The molecule has 3 N–H and O–H groups in total. The molecule has 3 heterocycles. The minimum atomic E-state index is 0.375. The first-order valence-electron chi connectivity index (χ1n) is 11.4. The summed E-state index contributed by atoms with van der Waals surface area (Å²) in [5.41, 5.74) is 10.3. The van der Waals surface area contributed by atoms with Gasteiger partial charge in [-0.3, -0.25) is 20.8 Å². The van der Waals surface area contributed by atoms with E-state index in [9.17, 15) is 0 Å². The Morgan fingerprint density at radius 1 is 0.750 bits per heavy atom. The highest BCUT2D eigenvalue weighted by Crippen LogP contribution is 2.21. The number of benzene rings is 1. The van der Waals surface area contributed by atoms with E-state index in [0.29, 0.717) is 24.2 Å². The Labute approximate surface area is 209 Å². The Morgan fingerprint density at radius 3 is 1.72 bits per heavy atom. The molecule has 0 fully saturated rings. The van der Waals surface area contributed by atoms with E-state index in [1.807, 2.05) is 69.3 Å². The van der Waals surface area contributed by atoms with Gasteiger partial charge < -0.3 is 10.1 Å². The Bertz CT molecular complexity index is 1250. The lowest BCUT2D eigenvalue weighted by Gasteiger charge is -2.11. The van der Waals surface area contributed by atoms with Crippen LogP contribution in [-0.2, 0) is 0 Å². The number of nitrogens with zero attached hydrogens (tertiary/aromatic N) is 6. The molecule has 0 bridgehead atoms. The van der Waals surface area contributed by atoms with E-state index < -0.39 is 0 Å². The molecule has 0 atom stereocenters. The van der Waals surface area contributed by atoms with Gasteiger partial charge in [-0.2, -0.15) is 20.2 Å². The Hall–Kier alpha value is -4.86. The van der Waals surface area contributed by atoms with Crippen LogP contribution >= 0.6 is 0 Å². The number of nitrogens with one attached hydrogen (secondary N) is 3. The number of hydrogen-bond acceptors (Lipinski definition) is 10. The zero-order chi connectivity index (χ0) is 25.2. The predicted octanol–water partition coefficient (Wildman–Crippen LogP) is 5.08. The van der Waals surface area contributed by atoms with E-state index in [0.717, 1.165) is 34.0 Å². The van der Waals surface area contributed by atoms with Crippen molar-refractivity contribution in [2.75, 3.05) is 22.8 Å². The van der Waals surface area contributed by atoms with Crippen molar-refractivity contribution in [3.63, 3.8) is 0 Å². The van der Waals surface area contributed by atoms with Crippen molar-refractivity contribution >= 4 is 34.7 Å². The van der Waals surface area contributed by atoms with Crippen LogP contribution in [0.2, 0.25) is 0 Å². The maximum absolute atomic E-state index is 5.51. The van der Waals surface area contributed by atoms with Crippen LogP contribution in [0.4, 0.5) is 23.3 Å². The number of hydrazone groups is 2. The number of anilines is 4. The summed E-state index contributed by atoms with van der Waals surface area (Å²) >= 11 is 0. The summed E-state index contributed by atoms with van der Waals surface area (Å²) in [6.07, 6.45) is 6.90. The predicted molar refractivity (Wildman–Crippen MR) is 143 cm³/mol. The Kier molecular flexibility index (Phi) is 8.10. The third-order valence-corrected chi connectivity index (χ3v) is 5.02. The molecule has 0 aliphatic rings. The Morgan fingerprint density at radius 2 is 1.25 bits per heavy atom. The Balaban J connectivity index is 1.58. The smallest absolute Gasteiger partial charge is 0.231 e. The molecule has 4 rings (SSSR count). The van der Waals surface area contributed by atoms with Gasteiger partial charge >= 0.3 is 0 Å². The maximum Gasteiger partial charge on any atom is 0.231 e. The molecule has 0 spiro atoms. The molecular formula is C26H27N9O. The quantitative estimate of drug-likeness (QED) is 0.212. The highest BCUT2D eigenvalue weighted by atomic mass is 16.5. The van der Waals surface area contributed by atoms with Gasteiger partial charge in [-0.05, 0) is 69.3 Å². The van der Waals surface area contributed by atoms with Crippen LogP contribution in [0.15, 0.2) is 89.6 Å². The molecule has 0 radical (unpaired) electrons. The van der Waals surface area contributed by atoms with E-state index in [4.69, 9.17) is 4.74 Å². The molecule has 36 heavy (non-hydrogen) atoms. The van der Waals surface area contributed by atoms with Crippen molar-refractivity contribution in [3.05, 3.63) is 90.5 Å². The zero-order valence-electron chi connectivity index (χ0n) is 20.3. The van der Waals surface area contributed by atoms with Gasteiger partial charge in [0.25, 0.3) is 0 Å². The second-order valence-corrected chi connectivity index (χ2v) is 7.63. The molecule has 0 aliphatic carbocycles. The molecule has 0 unspecified atom stereocenters. The van der Waals surface area contributed by atoms with Gasteiger partial charge in [0.15, 0.2) is 11.6 Å². The van der Waals surface area contributed by atoms with Gasteiger partial charge in [-0.15, -0.1) is 0 Å². The summed E-state index contributed by atoms with van der Waals surface area (Å²) in [4.78, 5) is 17.2. The van der Waals surface area contributed by atoms with E-state index >= 15 is 0 Å². The zero-order valence-corrected chi connectivity index (χ0v) is 20.3. The highest BCUT2D eigenvalue weighted by molar-refractivity contribution is 5.99. The fourth-order valence-electron chi connectivity index (χ4n) is 3.15. The minimum absolute atomic E-state index is 0.375. The van der Waals surface area contributed by atoms with Crippen LogP contribution in [0.1, 0.15) is 31.9 Å². The molecule has 0 saturated heterocycles. The average molecular weight is 482 g/mol. The lowest BCUT2D eigenvalue weighted by atomic mass is 10.2. The summed E-state index contributed by atoms with van der Waals surface area (Å²) in [6.45, 7) is 6.37. The van der Waals surface area contributed by atoms with Crippen LogP contribution in [0.5, 0.6) is 5.75 Å². The lowest BCUT2D eigenvalue weighted by Crippen LogP contribution is -2.06. The van der Waals surface area contributed by atoms with Crippen molar-refractivity contribution in [1.82, 2.24) is 19.9 Å². The first-order chi connectivity index (χ1) is 17.6. The van der Waals surface area contributed by atoms with Crippen LogP contribution in [0, 0.1) is 0 Å². The van der Waals surface area contributed by atoms with E-state index in [-0.39, 0.29) is 0 Å². The van der Waals surface area contributed by atoms with Crippen molar-refractivity contribution < 1.29 is 4.74 Å². The molecule has 0 amide bonds. The number of rotatable bonds is 10. The third kappa shape index (κ3) is 6.83. The molecule has 10 heteroatoms. The highest BCUT2D eigenvalue weighted by Gasteiger charge is 2.07. The van der Waals surface area contributed by atoms with E-state index in [2.05, 4.69) is 46.3 Å². The van der Waals surface area contributed by atoms with Crippen LogP contribution in [-0.4, -0.2) is 38.0 Å². The van der Waals surface area contributed by atoms with E-state index in [1.54, 1.807) is 30.9 Å². The van der Waals surface area contributed by atoms with Crippen LogP contribution in [0.25, 0.3) is 0 Å². The first-order valence-corrected chi connectivity index (χ1v) is 11.4. The summed E-state index contributed by atoms with van der Waals surface area (Å²) < 4.78 is 5.51. The number of aromatic nitrogens is 4. The molecule has 10 nitrogen and oxygen atoms in total. The molecule has 182 valence electrons. The largest absolute Gasteiger partial charge is 0.494 e. The first kappa shape index (κ1) is 24.3. The average Bonchev–Trinajstić information content (AvgIpc) is 2.92. The van der Waals surface area contributed by atoms with E-state index in [1.165, 1.54) is 0 Å². The van der Waals surface area contributed by atoms with Gasteiger partial charge in [-0.1, -0.05) is 0 Å².